The Morgan fingerprint density at radius 3 is 2.44 bits per heavy atom. The third-order valence-corrected chi connectivity index (χ3v) is 5.62. The fourth-order valence-electron chi connectivity index (χ4n) is 3.77. The van der Waals surface area contributed by atoms with Crippen LogP contribution in [0.5, 0.6) is 0 Å². The molecule has 0 saturated carbocycles. The smallest absolute Gasteiger partial charge is 0.255 e. The number of nitrogens with one attached hydrogen (secondary N) is 1. The van der Waals surface area contributed by atoms with E-state index in [1.165, 1.54) is 0 Å². The molecule has 2 atom stereocenters. The largest absolute Gasteiger partial charge is 0.386 e. The summed E-state index contributed by atoms with van der Waals surface area (Å²) in [4.78, 5) is 26.6. The summed E-state index contributed by atoms with van der Waals surface area (Å²) in [5, 5.41) is 13.9. The molecule has 0 radical (unpaired) electrons. The van der Waals surface area contributed by atoms with E-state index in [-0.39, 0.29) is 25.0 Å². The van der Waals surface area contributed by atoms with Gasteiger partial charge in [0.25, 0.3) is 5.91 Å². The molecule has 2 amide bonds. The highest BCUT2D eigenvalue weighted by Crippen LogP contribution is 2.27. The average Bonchev–Trinajstić information content (AvgIpc) is 2.81. The highest BCUT2D eigenvalue weighted by Gasteiger charge is 2.34. The first kappa shape index (κ1) is 21.7. The van der Waals surface area contributed by atoms with Crippen LogP contribution in [0.3, 0.4) is 0 Å². The molecule has 1 saturated heterocycles. The van der Waals surface area contributed by atoms with E-state index in [9.17, 15) is 14.7 Å². The van der Waals surface area contributed by atoms with Gasteiger partial charge in [0.05, 0.1) is 12.6 Å². The lowest BCUT2D eigenvalue weighted by molar-refractivity contribution is -0.155. The summed E-state index contributed by atoms with van der Waals surface area (Å²) in [6.07, 6.45) is -0.912. The minimum absolute atomic E-state index is 0.0139. The Morgan fingerprint density at radius 2 is 1.75 bits per heavy atom. The van der Waals surface area contributed by atoms with Gasteiger partial charge in [0.2, 0.25) is 5.91 Å². The number of benzene rings is 3. The zero-order valence-electron chi connectivity index (χ0n) is 17.9. The SMILES string of the molecule is Cc1ccc(C(=O)Nc2ccc(C(O)C3COCC(=O)N3Cc3ccccc3)cc2)cc1. The predicted octanol–water partition coefficient (Wildman–Crippen LogP) is 3.71. The van der Waals surface area contributed by atoms with Gasteiger partial charge in [0.1, 0.15) is 12.7 Å². The predicted molar refractivity (Wildman–Crippen MR) is 122 cm³/mol. The Hall–Kier alpha value is -3.48. The van der Waals surface area contributed by atoms with Gasteiger partial charge in [0.15, 0.2) is 0 Å². The second-order valence-corrected chi connectivity index (χ2v) is 7.98. The van der Waals surface area contributed by atoms with E-state index in [4.69, 9.17) is 4.74 Å². The van der Waals surface area contributed by atoms with Crippen LogP contribution in [0.4, 0.5) is 5.69 Å². The second-order valence-electron chi connectivity index (χ2n) is 7.98. The molecule has 6 nitrogen and oxygen atoms in total. The Balaban J connectivity index is 1.45. The number of aliphatic hydroxyl groups is 1. The van der Waals surface area contributed by atoms with Crippen molar-refractivity contribution >= 4 is 17.5 Å². The van der Waals surface area contributed by atoms with E-state index in [1.807, 2.05) is 49.4 Å². The summed E-state index contributed by atoms with van der Waals surface area (Å²) in [5.41, 5.74) is 3.94. The summed E-state index contributed by atoms with van der Waals surface area (Å²) < 4.78 is 5.43. The lowest BCUT2D eigenvalue weighted by Crippen LogP contribution is -2.51. The molecule has 3 aromatic rings. The van der Waals surface area contributed by atoms with Crippen LogP contribution in [0.2, 0.25) is 0 Å². The first-order valence-electron chi connectivity index (χ1n) is 10.6. The van der Waals surface area contributed by atoms with Crippen LogP contribution in [0, 0.1) is 6.92 Å². The summed E-state index contributed by atoms with van der Waals surface area (Å²) >= 11 is 0. The molecule has 0 aromatic heterocycles. The standard InChI is InChI=1S/C26H26N2O4/c1-18-7-9-21(10-8-18)26(31)27-22-13-11-20(12-14-22)25(30)23-16-32-17-24(29)28(23)15-19-5-3-2-4-6-19/h2-14,23,25,30H,15-17H2,1H3,(H,27,31). The van der Waals surface area contributed by atoms with Gasteiger partial charge < -0.3 is 20.1 Å². The van der Waals surface area contributed by atoms with Crippen molar-refractivity contribution < 1.29 is 19.4 Å². The molecule has 3 aromatic carbocycles. The first-order chi connectivity index (χ1) is 15.5. The molecule has 0 spiro atoms. The van der Waals surface area contributed by atoms with Crippen LogP contribution in [-0.2, 0) is 16.1 Å². The monoisotopic (exact) mass is 430 g/mol. The quantitative estimate of drug-likeness (QED) is 0.625. The third kappa shape index (κ3) is 5.04. The van der Waals surface area contributed by atoms with Gasteiger partial charge in [0, 0.05) is 17.8 Å². The summed E-state index contributed by atoms with van der Waals surface area (Å²) in [6, 6.07) is 23.6. The zero-order valence-corrected chi connectivity index (χ0v) is 17.9. The molecule has 6 heteroatoms. The lowest BCUT2D eigenvalue weighted by Gasteiger charge is -2.38. The zero-order chi connectivity index (χ0) is 22.5. The summed E-state index contributed by atoms with van der Waals surface area (Å²) in [7, 11) is 0. The number of rotatable bonds is 6. The van der Waals surface area contributed by atoms with E-state index in [2.05, 4.69) is 5.32 Å². The number of hydrogen-bond acceptors (Lipinski definition) is 4. The van der Waals surface area contributed by atoms with E-state index in [1.54, 1.807) is 41.3 Å². The van der Waals surface area contributed by atoms with Crippen LogP contribution in [0.15, 0.2) is 78.9 Å². The number of amides is 2. The van der Waals surface area contributed by atoms with Crippen LogP contribution >= 0.6 is 0 Å². The number of carbonyl (C=O) groups excluding carboxylic acids is 2. The van der Waals surface area contributed by atoms with Crippen molar-refractivity contribution in [1.82, 2.24) is 4.90 Å². The topological polar surface area (TPSA) is 78.9 Å². The van der Waals surface area contributed by atoms with Gasteiger partial charge in [-0.05, 0) is 42.3 Å². The maximum atomic E-state index is 12.5. The van der Waals surface area contributed by atoms with E-state index >= 15 is 0 Å². The van der Waals surface area contributed by atoms with E-state index in [0.29, 0.717) is 23.4 Å². The number of aryl methyl sites for hydroxylation is 1. The number of nitrogens with zero attached hydrogens (tertiary/aromatic N) is 1. The molecular formula is C26H26N2O4. The van der Waals surface area contributed by atoms with Crippen molar-refractivity contribution in [1.29, 1.82) is 0 Å². The normalized spacial score (nSPS) is 17.1. The Labute approximate surface area is 187 Å². The van der Waals surface area contributed by atoms with E-state index in [0.717, 1.165) is 11.1 Å². The number of morpholine rings is 1. The van der Waals surface area contributed by atoms with Gasteiger partial charge in [-0.3, -0.25) is 9.59 Å². The third-order valence-electron chi connectivity index (χ3n) is 5.62. The molecule has 1 aliphatic rings. The molecule has 1 fully saturated rings. The van der Waals surface area contributed by atoms with Crippen LogP contribution < -0.4 is 5.32 Å². The number of ether oxygens (including phenoxy) is 1. The Bertz CT molecular complexity index is 1070. The molecule has 4 rings (SSSR count). The number of hydrogen-bond donors (Lipinski definition) is 2. The van der Waals surface area contributed by atoms with Crippen molar-refractivity contribution in [2.24, 2.45) is 0 Å². The maximum absolute atomic E-state index is 12.5. The lowest BCUT2D eigenvalue weighted by atomic mass is 9.99. The Morgan fingerprint density at radius 1 is 1.06 bits per heavy atom. The average molecular weight is 431 g/mol. The van der Waals surface area contributed by atoms with Gasteiger partial charge in [-0.2, -0.15) is 0 Å². The molecule has 2 unspecified atom stereocenters. The van der Waals surface area contributed by atoms with Crippen LogP contribution in [-0.4, -0.2) is 41.1 Å². The number of anilines is 1. The number of carbonyl (C=O) groups is 2. The van der Waals surface area contributed by atoms with Crippen molar-refractivity contribution in [3.05, 3.63) is 101 Å². The highest BCUT2D eigenvalue weighted by atomic mass is 16.5. The highest BCUT2D eigenvalue weighted by molar-refractivity contribution is 6.04. The Kier molecular flexibility index (Phi) is 6.63. The van der Waals surface area contributed by atoms with Gasteiger partial charge in [-0.15, -0.1) is 0 Å². The van der Waals surface area contributed by atoms with Crippen LogP contribution in [0.25, 0.3) is 0 Å². The molecule has 32 heavy (non-hydrogen) atoms. The van der Waals surface area contributed by atoms with Crippen LogP contribution in [0.1, 0.15) is 33.2 Å². The maximum Gasteiger partial charge on any atom is 0.255 e. The van der Waals surface area contributed by atoms with Gasteiger partial charge in [-0.25, -0.2) is 0 Å². The minimum Gasteiger partial charge on any atom is -0.386 e. The van der Waals surface area contributed by atoms with E-state index < -0.39 is 12.1 Å². The van der Waals surface area contributed by atoms with Gasteiger partial charge >= 0.3 is 0 Å². The molecule has 0 aliphatic carbocycles. The first-order valence-corrected chi connectivity index (χ1v) is 10.6. The molecular weight excluding hydrogens is 404 g/mol. The van der Waals surface area contributed by atoms with Gasteiger partial charge in [-0.1, -0.05) is 60.2 Å². The fraction of sp³-hybridized carbons (Fsp3) is 0.231. The molecule has 1 aliphatic heterocycles. The fourth-order valence-corrected chi connectivity index (χ4v) is 3.77. The molecule has 2 N–H and O–H groups in total. The summed E-state index contributed by atoms with van der Waals surface area (Å²) in [5.74, 6) is -0.343. The summed E-state index contributed by atoms with van der Waals surface area (Å²) in [6.45, 7) is 2.65. The molecule has 164 valence electrons. The minimum atomic E-state index is -0.912. The van der Waals surface area contributed by atoms with Crippen molar-refractivity contribution in [2.75, 3.05) is 18.5 Å². The number of aliphatic hydroxyl groups excluding tert-OH is 1. The van der Waals surface area contributed by atoms with Crippen molar-refractivity contribution in [3.63, 3.8) is 0 Å². The second kappa shape index (κ2) is 9.77. The molecule has 0 bridgehead atoms. The van der Waals surface area contributed by atoms with Crippen molar-refractivity contribution in [3.8, 4) is 0 Å². The molecule has 1 heterocycles. The van der Waals surface area contributed by atoms with Crippen molar-refractivity contribution in [2.45, 2.75) is 25.6 Å².